The Morgan fingerprint density at radius 1 is 1.19 bits per heavy atom. The van der Waals surface area contributed by atoms with Crippen LogP contribution >= 0.6 is 15.9 Å². The van der Waals surface area contributed by atoms with Crippen molar-refractivity contribution < 1.29 is 18.7 Å². The van der Waals surface area contributed by atoms with Gasteiger partial charge in [-0.2, -0.15) is 0 Å². The largest absolute Gasteiger partial charge is 0.479 e. The molecule has 0 saturated carbocycles. The fourth-order valence-corrected chi connectivity index (χ4v) is 2.79. The number of ether oxygens (including phenoxy) is 2. The highest BCUT2D eigenvalue weighted by molar-refractivity contribution is 9.10. The van der Waals surface area contributed by atoms with Gasteiger partial charge in [-0.15, -0.1) is 0 Å². The number of benzene rings is 2. The molecule has 0 fully saturated rings. The molecule has 0 N–H and O–H groups in total. The average molecular weight is 417 g/mol. The zero-order chi connectivity index (χ0) is 18.7. The second-order valence-corrected chi connectivity index (χ2v) is 6.57. The normalized spacial score (nSPS) is 12.0. The third-order valence-corrected chi connectivity index (χ3v) is 4.36. The van der Waals surface area contributed by atoms with Gasteiger partial charge < -0.3 is 13.9 Å². The molecule has 0 amide bonds. The van der Waals surface area contributed by atoms with E-state index in [1.54, 1.807) is 32.0 Å². The summed E-state index contributed by atoms with van der Waals surface area (Å²) < 4.78 is 17.0. The van der Waals surface area contributed by atoms with Crippen molar-refractivity contribution in [2.45, 2.75) is 20.0 Å². The van der Waals surface area contributed by atoms with Crippen LogP contribution in [0.1, 0.15) is 13.8 Å². The molecule has 2 aromatic carbocycles. The number of halogens is 1. The Morgan fingerprint density at radius 2 is 1.92 bits per heavy atom. The third-order valence-electron chi connectivity index (χ3n) is 3.83. The van der Waals surface area contributed by atoms with E-state index in [2.05, 4.69) is 15.9 Å². The Kier molecular flexibility index (Phi) is 5.42. The SMILES string of the molecule is CCOC(=O)C(C)Oc1ccc2c(=O)c(-c3ccc(Br)cc3)coc2c1. The first-order valence-corrected chi connectivity index (χ1v) is 8.93. The number of hydrogen-bond donors (Lipinski definition) is 0. The smallest absolute Gasteiger partial charge is 0.347 e. The second-order valence-electron chi connectivity index (χ2n) is 5.66. The minimum absolute atomic E-state index is 0.126. The fourth-order valence-electron chi connectivity index (χ4n) is 2.52. The van der Waals surface area contributed by atoms with Gasteiger partial charge in [-0.05, 0) is 43.7 Å². The van der Waals surface area contributed by atoms with Gasteiger partial charge in [-0.1, -0.05) is 28.1 Å². The summed E-state index contributed by atoms with van der Waals surface area (Å²) in [7, 11) is 0. The summed E-state index contributed by atoms with van der Waals surface area (Å²) in [6, 6.07) is 12.3. The standard InChI is InChI=1S/C20H17BrO5/c1-3-24-20(23)12(2)26-15-8-9-16-18(10-15)25-11-17(19(16)22)13-4-6-14(21)7-5-13/h4-12H,3H2,1-2H3. The van der Waals surface area contributed by atoms with Crippen molar-refractivity contribution in [3.63, 3.8) is 0 Å². The van der Waals surface area contributed by atoms with Crippen LogP contribution in [-0.4, -0.2) is 18.7 Å². The van der Waals surface area contributed by atoms with Gasteiger partial charge in [0.2, 0.25) is 0 Å². The first-order valence-electron chi connectivity index (χ1n) is 8.14. The Bertz CT molecular complexity index is 991. The van der Waals surface area contributed by atoms with Crippen LogP contribution in [0.2, 0.25) is 0 Å². The lowest BCUT2D eigenvalue weighted by atomic mass is 10.1. The number of carbonyl (C=O) groups excluding carboxylic acids is 1. The summed E-state index contributed by atoms with van der Waals surface area (Å²) in [6.45, 7) is 3.63. The van der Waals surface area contributed by atoms with Crippen molar-refractivity contribution in [2.75, 3.05) is 6.61 Å². The predicted molar refractivity (Wildman–Crippen MR) is 102 cm³/mol. The van der Waals surface area contributed by atoms with E-state index >= 15 is 0 Å². The summed E-state index contributed by atoms with van der Waals surface area (Å²) in [5, 5.41) is 0.446. The Morgan fingerprint density at radius 3 is 2.62 bits per heavy atom. The van der Waals surface area contributed by atoms with E-state index in [9.17, 15) is 9.59 Å². The number of hydrogen-bond acceptors (Lipinski definition) is 5. The molecule has 1 heterocycles. The summed E-state index contributed by atoms with van der Waals surface area (Å²) in [6.07, 6.45) is 0.688. The first kappa shape index (κ1) is 18.2. The predicted octanol–water partition coefficient (Wildman–Crippen LogP) is 4.55. The Labute approximate surface area is 158 Å². The summed E-state index contributed by atoms with van der Waals surface area (Å²) in [5.74, 6) is -0.0165. The average Bonchev–Trinajstić information content (AvgIpc) is 2.63. The number of rotatable bonds is 5. The highest BCUT2D eigenvalue weighted by atomic mass is 79.9. The van der Waals surface area contributed by atoms with E-state index in [-0.39, 0.29) is 12.0 Å². The number of esters is 1. The van der Waals surface area contributed by atoms with Gasteiger partial charge in [0, 0.05) is 10.5 Å². The molecular formula is C20H17BrO5. The molecule has 0 saturated heterocycles. The van der Waals surface area contributed by atoms with Gasteiger partial charge in [0.15, 0.2) is 11.5 Å². The van der Waals surface area contributed by atoms with Crippen molar-refractivity contribution in [1.82, 2.24) is 0 Å². The molecule has 5 nitrogen and oxygen atoms in total. The summed E-state index contributed by atoms with van der Waals surface area (Å²) >= 11 is 3.38. The molecule has 0 spiro atoms. The number of carbonyl (C=O) groups is 1. The first-order chi connectivity index (χ1) is 12.5. The lowest BCUT2D eigenvalue weighted by molar-refractivity contribution is -0.150. The van der Waals surface area contributed by atoms with Gasteiger partial charge in [0.05, 0.1) is 17.6 Å². The van der Waals surface area contributed by atoms with Crippen molar-refractivity contribution >= 4 is 32.9 Å². The minimum atomic E-state index is -0.749. The highest BCUT2D eigenvalue weighted by Gasteiger charge is 2.17. The Hall–Kier alpha value is -2.60. The van der Waals surface area contributed by atoms with Crippen LogP contribution in [0.4, 0.5) is 0 Å². The van der Waals surface area contributed by atoms with Gasteiger partial charge in [0.1, 0.15) is 17.6 Å². The maximum atomic E-state index is 12.8. The minimum Gasteiger partial charge on any atom is -0.479 e. The summed E-state index contributed by atoms with van der Waals surface area (Å²) in [5.41, 5.74) is 1.53. The maximum absolute atomic E-state index is 12.8. The molecule has 3 rings (SSSR count). The van der Waals surface area contributed by atoms with Gasteiger partial charge in [-0.3, -0.25) is 4.79 Å². The van der Waals surface area contributed by atoms with E-state index in [4.69, 9.17) is 13.9 Å². The monoisotopic (exact) mass is 416 g/mol. The van der Waals surface area contributed by atoms with Crippen molar-refractivity contribution in [1.29, 1.82) is 0 Å². The fraction of sp³-hybridized carbons (Fsp3) is 0.200. The molecule has 1 atom stereocenters. The van der Waals surface area contributed by atoms with Crippen LogP contribution < -0.4 is 10.2 Å². The molecule has 26 heavy (non-hydrogen) atoms. The molecule has 134 valence electrons. The van der Waals surface area contributed by atoms with Crippen LogP contribution in [0, 0.1) is 0 Å². The van der Waals surface area contributed by atoms with Gasteiger partial charge in [-0.25, -0.2) is 4.79 Å². The summed E-state index contributed by atoms with van der Waals surface area (Å²) in [4.78, 5) is 24.4. The van der Waals surface area contributed by atoms with Crippen molar-refractivity contribution in [3.8, 4) is 16.9 Å². The lowest BCUT2D eigenvalue weighted by Gasteiger charge is -2.13. The van der Waals surface area contributed by atoms with E-state index < -0.39 is 12.1 Å². The lowest BCUT2D eigenvalue weighted by Crippen LogP contribution is -2.26. The quantitative estimate of drug-likeness (QED) is 0.570. The topological polar surface area (TPSA) is 65.7 Å². The molecule has 1 aromatic heterocycles. The molecule has 0 aliphatic carbocycles. The molecule has 1 unspecified atom stereocenters. The van der Waals surface area contributed by atoms with Gasteiger partial charge >= 0.3 is 5.97 Å². The van der Waals surface area contributed by atoms with Crippen LogP contribution in [0.3, 0.4) is 0 Å². The molecule has 0 aliphatic heterocycles. The van der Waals surface area contributed by atoms with Crippen LogP contribution in [0.15, 0.2) is 62.4 Å². The van der Waals surface area contributed by atoms with Gasteiger partial charge in [0.25, 0.3) is 0 Å². The molecule has 3 aromatic rings. The zero-order valence-electron chi connectivity index (χ0n) is 14.3. The van der Waals surface area contributed by atoms with Crippen LogP contribution in [0.25, 0.3) is 22.1 Å². The molecule has 6 heteroatoms. The number of fused-ring (bicyclic) bond motifs is 1. The maximum Gasteiger partial charge on any atom is 0.347 e. The second kappa shape index (κ2) is 7.74. The highest BCUT2D eigenvalue weighted by Crippen LogP contribution is 2.24. The molecular weight excluding hydrogens is 400 g/mol. The van der Waals surface area contributed by atoms with E-state index in [0.717, 1.165) is 10.0 Å². The zero-order valence-corrected chi connectivity index (χ0v) is 15.9. The third kappa shape index (κ3) is 3.80. The van der Waals surface area contributed by atoms with Crippen LogP contribution in [-0.2, 0) is 9.53 Å². The Balaban J connectivity index is 1.92. The molecule has 0 radical (unpaired) electrons. The van der Waals surface area contributed by atoms with E-state index in [1.807, 2.05) is 24.3 Å². The van der Waals surface area contributed by atoms with E-state index in [1.165, 1.54) is 6.26 Å². The molecule has 0 bridgehead atoms. The van der Waals surface area contributed by atoms with Crippen molar-refractivity contribution in [3.05, 3.63) is 63.4 Å². The van der Waals surface area contributed by atoms with Crippen molar-refractivity contribution in [2.24, 2.45) is 0 Å². The molecule has 0 aliphatic rings. The van der Waals surface area contributed by atoms with E-state index in [0.29, 0.717) is 22.3 Å². The van der Waals surface area contributed by atoms with Crippen LogP contribution in [0.5, 0.6) is 5.75 Å².